The summed E-state index contributed by atoms with van der Waals surface area (Å²) in [6, 6.07) is 6.97. The third kappa shape index (κ3) is 3.24. The summed E-state index contributed by atoms with van der Waals surface area (Å²) in [7, 11) is 5.96. The monoisotopic (exact) mass is 248 g/mol. The Labute approximate surface area is 110 Å². The smallest absolute Gasteiger partial charge is 0.119 e. The van der Waals surface area contributed by atoms with Gasteiger partial charge in [-0.3, -0.25) is 0 Å². The van der Waals surface area contributed by atoms with Crippen molar-refractivity contribution < 1.29 is 4.74 Å². The molecule has 0 spiro atoms. The van der Waals surface area contributed by atoms with Crippen LogP contribution < -0.4 is 10.1 Å². The van der Waals surface area contributed by atoms with Crippen LogP contribution in [0.2, 0.25) is 0 Å². The zero-order valence-corrected chi connectivity index (χ0v) is 11.7. The van der Waals surface area contributed by atoms with Gasteiger partial charge in [0.25, 0.3) is 0 Å². The molecule has 3 heteroatoms. The largest absolute Gasteiger partial charge is 0.497 e. The van der Waals surface area contributed by atoms with E-state index in [0.717, 1.165) is 18.8 Å². The van der Waals surface area contributed by atoms with E-state index < -0.39 is 0 Å². The first kappa shape index (κ1) is 13.4. The van der Waals surface area contributed by atoms with Crippen LogP contribution >= 0.6 is 0 Å². The van der Waals surface area contributed by atoms with E-state index in [1.165, 1.54) is 30.4 Å². The average Bonchev–Trinajstić information content (AvgIpc) is 2.38. The van der Waals surface area contributed by atoms with Crippen LogP contribution in [0, 0.1) is 0 Å². The maximum atomic E-state index is 5.34. The van der Waals surface area contributed by atoms with E-state index in [9.17, 15) is 0 Å². The zero-order valence-electron chi connectivity index (χ0n) is 11.7. The van der Waals surface area contributed by atoms with Crippen molar-refractivity contribution in [2.75, 3.05) is 34.3 Å². The van der Waals surface area contributed by atoms with E-state index in [4.69, 9.17) is 4.74 Å². The molecule has 1 unspecified atom stereocenters. The van der Waals surface area contributed by atoms with Crippen molar-refractivity contribution in [3.8, 4) is 5.75 Å². The van der Waals surface area contributed by atoms with Crippen molar-refractivity contribution in [1.29, 1.82) is 0 Å². The van der Waals surface area contributed by atoms with Crippen LogP contribution in [-0.2, 0) is 6.42 Å². The molecular weight excluding hydrogens is 224 g/mol. The molecule has 1 N–H and O–H groups in total. The van der Waals surface area contributed by atoms with Crippen molar-refractivity contribution in [3.63, 3.8) is 0 Å². The molecule has 0 saturated carbocycles. The number of rotatable bonds is 5. The van der Waals surface area contributed by atoms with E-state index in [1.807, 2.05) is 0 Å². The predicted octanol–water partition coefficient (Wildman–Crippen LogP) is 2.22. The minimum atomic E-state index is 0.490. The minimum Gasteiger partial charge on any atom is -0.497 e. The van der Waals surface area contributed by atoms with E-state index in [1.54, 1.807) is 7.11 Å². The number of fused-ring (bicyclic) bond motifs is 1. The fraction of sp³-hybridized carbons (Fsp3) is 0.600. The number of likely N-dealkylation sites (N-methyl/N-ethyl adjacent to an activating group) is 1. The Balaban J connectivity index is 2.06. The summed E-state index contributed by atoms with van der Waals surface area (Å²) < 4.78 is 5.34. The lowest BCUT2D eigenvalue weighted by atomic mass is 9.87. The maximum absolute atomic E-state index is 5.34. The second-order valence-electron chi connectivity index (χ2n) is 5.27. The number of hydrogen-bond donors (Lipinski definition) is 1. The van der Waals surface area contributed by atoms with Gasteiger partial charge in [0.05, 0.1) is 7.11 Å². The number of ether oxygens (including phenoxy) is 1. The predicted molar refractivity (Wildman–Crippen MR) is 75.2 cm³/mol. The number of nitrogens with one attached hydrogen (secondary N) is 1. The molecule has 0 aromatic heterocycles. The fourth-order valence-electron chi connectivity index (χ4n) is 2.58. The highest BCUT2D eigenvalue weighted by atomic mass is 16.5. The van der Waals surface area contributed by atoms with Gasteiger partial charge in [-0.15, -0.1) is 0 Å². The molecule has 0 heterocycles. The Bertz CT molecular complexity index is 390. The molecule has 0 radical (unpaired) electrons. The molecule has 1 aliphatic rings. The second-order valence-corrected chi connectivity index (χ2v) is 5.27. The van der Waals surface area contributed by atoms with Crippen LogP contribution in [-0.4, -0.2) is 39.2 Å². The molecule has 18 heavy (non-hydrogen) atoms. The lowest BCUT2D eigenvalue weighted by Crippen LogP contribution is -2.31. The van der Waals surface area contributed by atoms with Crippen molar-refractivity contribution in [1.82, 2.24) is 10.2 Å². The zero-order chi connectivity index (χ0) is 13.0. The number of aryl methyl sites for hydroxylation is 1. The van der Waals surface area contributed by atoms with Gasteiger partial charge in [0.1, 0.15) is 5.75 Å². The summed E-state index contributed by atoms with van der Waals surface area (Å²) in [6.45, 7) is 2.12. The van der Waals surface area contributed by atoms with Gasteiger partial charge < -0.3 is 15.0 Å². The van der Waals surface area contributed by atoms with E-state index in [2.05, 4.69) is 42.5 Å². The van der Waals surface area contributed by atoms with E-state index in [0.29, 0.717) is 6.04 Å². The van der Waals surface area contributed by atoms with Crippen LogP contribution in [0.1, 0.15) is 30.0 Å². The molecule has 0 saturated heterocycles. The van der Waals surface area contributed by atoms with Crippen LogP contribution in [0.3, 0.4) is 0 Å². The van der Waals surface area contributed by atoms with Crippen LogP contribution in [0.4, 0.5) is 0 Å². The van der Waals surface area contributed by atoms with E-state index in [-0.39, 0.29) is 0 Å². The molecule has 100 valence electrons. The van der Waals surface area contributed by atoms with Crippen LogP contribution in [0.25, 0.3) is 0 Å². The van der Waals surface area contributed by atoms with Gasteiger partial charge >= 0.3 is 0 Å². The molecule has 0 amide bonds. The van der Waals surface area contributed by atoms with Gasteiger partial charge in [-0.1, -0.05) is 6.07 Å². The average molecular weight is 248 g/mol. The minimum absolute atomic E-state index is 0.490. The number of nitrogens with zero attached hydrogens (tertiary/aromatic N) is 1. The number of benzene rings is 1. The summed E-state index contributed by atoms with van der Waals surface area (Å²) in [5.74, 6) is 0.968. The van der Waals surface area contributed by atoms with Gasteiger partial charge in [0, 0.05) is 19.1 Å². The highest BCUT2D eigenvalue weighted by Crippen LogP contribution is 2.32. The summed E-state index contributed by atoms with van der Waals surface area (Å²) in [6.07, 6.45) is 3.71. The first-order chi connectivity index (χ1) is 8.70. The first-order valence-corrected chi connectivity index (χ1v) is 6.75. The van der Waals surface area contributed by atoms with Gasteiger partial charge in [-0.05, 0) is 56.6 Å². The molecule has 3 nitrogen and oxygen atoms in total. The molecule has 1 aromatic rings. The topological polar surface area (TPSA) is 24.5 Å². The standard InChI is InChI=1S/C15H24N2O/c1-17(2)10-9-16-15-6-4-5-12-7-8-13(18-3)11-14(12)15/h7-8,11,15-16H,4-6,9-10H2,1-3H3. The molecule has 1 aliphatic carbocycles. The van der Waals surface area contributed by atoms with Gasteiger partial charge in [-0.2, -0.15) is 0 Å². The number of methoxy groups -OCH3 is 1. The van der Waals surface area contributed by atoms with Crippen molar-refractivity contribution in [3.05, 3.63) is 29.3 Å². The Hall–Kier alpha value is -1.06. The molecule has 1 atom stereocenters. The molecule has 0 bridgehead atoms. The summed E-state index contributed by atoms with van der Waals surface area (Å²) in [4.78, 5) is 2.21. The summed E-state index contributed by atoms with van der Waals surface area (Å²) >= 11 is 0. The van der Waals surface area contributed by atoms with Crippen molar-refractivity contribution in [2.24, 2.45) is 0 Å². The fourth-order valence-corrected chi connectivity index (χ4v) is 2.58. The molecule has 1 aromatic carbocycles. The third-order valence-electron chi connectivity index (χ3n) is 3.62. The van der Waals surface area contributed by atoms with Crippen molar-refractivity contribution >= 4 is 0 Å². The Morgan fingerprint density at radius 1 is 1.39 bits per heavy atom. The van der Waals surface area contributed by atoms with Gasteiger partial charge in [0.15, 0.2) is 0 Å². The summed E-state index contributed by atoms with van der Waals surface area (Å²) in [5, 5.41) is 3.66. The molecule has 0 aliphatic heterocycles. The molecule has 2 rings (SSSR count). The summed E-state index contributed by atoms with van der Waals surface area (Å²) in [5.41, 5.74) is 2.91. The van der Waals surface area contributed by atoms with Crippen LogP contribution in [0.15, 0.2) is 18.2 Å². The first-order valence-electron chi connectivity index (χ1n) is 6.75. The van der Waals surface area contributed by atoms with Crippen LogP contribution in [0.5, 0.6) is 5.75 Å². The molecular formula is C15H24N2O. The van der Waals surface area contributed by atoms with Gasteiger partial charge in [0.2, 0.25) is 0 Å². The quantitative estimate of drug-likeness (QED) is 0.865. The van der Waals surface area contributed by atoms with E-state index >= 15 is 0 Å². The Morgan fingerprint density at radius 3 is 2.94 bits per heavy atom. The normalized spacial score (nSPS) is 18.8. The second kappa shape index (κ2) is 6.21. The van der Waals surface area contributed by atoms with Gasteiger partial charge in [-0.25, -0.2) is 0 Å². The lowest BCUT2D eigenvalue weighted by molar-refractivity contribution is 0.370. The van der Waals surface area contributed by atoms with Crippen molar-refractivity contribution in [2.45, 2.75) is 25.3 Å². The SMILES string of the molecule is COc1ccc2c(c1)C(NCCN(C)C)CCC2. The maximum Gasteiger partial charge on any atom is 0.119 e. The highest BCUT2D eigenvalue weighted by molar-refractivity contribution is 5.39. The third-order valence-corrected chi connectivity index (χ3v) is 3.62. The number of hydrogen-bond acceptors (Lipinski definition) is 3. The highest BCUT2D eigenvalue weighted by Gasteiger charge is 2.20. The Kier molecular flexibility index (Phi) is 4.61. The molecule has 0 fully saturated rings. The Morgan fingerprint density at radius 2 is 2.22 bits per heavy atom. The lowest BCUT2D eigenvalue weighted by Gasteiger charge is -2.27.